The summed E-state index contributed by atoms with van der Waals surface area (Å²) < 4.78 is 5.50. The van der Waals surface area contributed by atoms with Crippen molar-refractivity contribution >= 4 is 11.7 Å². The van der Waals surface area contributed by atoms with E-state index in [-0.39, 0.29) is 12.1 Å². The molecule has 1 aromatic carbocycles. The molecule has 1 unspecified atom stereocenters. The van der Waals surface area contributed by atoms with Crippen molar-refractivity contribution in [1.29, 1.82) is 5.26 Å². The van der Waals surface area contributed by atoms with E-state index in [4.69, 9.17) is 10.00 Å². The molecule has 22 heavy (non-hydrogen) atoms. The van der Waals surface area contributed by atoms with Crippen LogP contribution in [0, 0.1) is 17.2 Å². The van der Waals surface area contributed by atoms with Gasteiger partial charge in [0.05, 0.1) is 31.7 Å². The smallest absolute Gasteiger partial charge is 0.322 e. The third-order valence-corrected chi connectivity index (χ3v) is 3.72. The molecule has 1 aromatic rings. The first-order valence-corrected chi connectivity index (χ1v) is 7.71. The van der Waals surface area contributed by atoms with Gasteiger partial charge in [0, 0.05) is 12.2 Å². The number of morpholine rings is 1. The monoisotopic (exact) mass is 301 g/mol. The molecule has 0 aliphatic carbocycles. The topological polar surface area (TPSA) is 65.4 Å². The molecule has 2 rings (SSSR count). The van der Waals surface area contributed by atoms with Gasteiger partial charge in [-0.1, -0.05) is 26.0 Å². The Morgan fingerprint density at radius 1 is 1.45 bits per heavy atom. The molecule has 5 heteroatoms. The lowest BCUT2D eigenvalue weighted by Gasteiger charge is -2.36. The zero-order chi connectivity index (χ0) is 15.9. The minimum Gasteiger partial charge on any atom is -0.377 e. The standard InChI is InChI=1S/C17H23N3O2/c1-13(2)11-16-12-22-10-9-20(16)17(21)19-15-5-3-14(4-6-15)7-8-18/h3-6,13,16H,7,9-12H2,1-2H3,(H,19,21). The minimum atomic E-state index is -0.0815. The number of carbonyl (C=O) groups is 1. The van der Waals surface area contributed by atoms with Crippen LogP contribution in [0.3, 0.4) is 0 Å². The number of hydrogen-bond acceptors (Lipinski definition) is 3. The van der Waals surface area contributed by atoms with Crippen LogP contribution in [-0.4, -0.2) is 36.7 Å². The quantitative estimate of drug-likeness (QED) is 0.929. The average Bonchev–Trinajstić information content (AvgIpc) is 2.49. The number of urea groups is 1. The first kappa shape index (κ1) is 16.3. The lowest BCUT2D eigenvalue weighted by molar-refractivity contribution is 0.00857. The van der Waals surface area contributed by atoms with Crippen LogP contribution >= 0.6 is 0 Å². The number of carbonyl (C=O) groups excluding carboxylic acids is 1. The zero-order valence-electron chi connectivity index (χ0n) is 13.2. The summed E-state index contributed by atoms with van der Waals surface area (Å²) in [6.07, 6.45) is 1.32. The van der Waals surface area contributed by atoms with E-state index < -0.39 is 0 Å². The molecule has 0 aromatic heterocycles. The molecule has 1 fully saturated rings. The third kappa shape index (κ3) is 4.47. The van der Waals surface area contributed by atoms with Crippen molar-refractivity contribution in [3.05, 3.63) is 29.8 Å². The molecule has 0 spiro atoms. The first-order chi connectivity index (χ1) is 10.6. The second kappa shape index (κ2) is 7.81. The fraction of sp³-hybridized carbons (Fsp3) is 0.529. The van der Waals surface area contributed by atoms with Gasteiger partial charge in [0.15, 0.2) is 0 Å². The second-order valence-corrected chi connectivity index (χ2v) is 6.01. The zero-order valence-corrected chi connectivity index (χ0v) is 13.2. The van der Waals surface area contributed by atoms with Crippen LogP contribution in [0.4, 0.5) is 10.5 Å². The number of anilines is 1. The number of benzene rings is 1. The van der Waals surface area contributed by atoms with Crippen molar-refractivity contribution in [3.8, 4) is 6.07 Å². The second-order valence-electron chi connectivity index (χ2n) is 6.01. The Balaban J connectivity index is 1.98. The van der Waals surface area contributed by atoms with Crippen LogP contribution in [0.15, 0.2) is 24.3 Å². The summed E-state index contributed by atoms with van der Waals surface area (Å²) >= 11 is 0. The molecule has 1 aliphatic heterocycles. The van der Waals surface area contributed by atoms with E-state index in [1.807, 2.05) is 29.2 Å². The Hall–Kier alpha value is -2.06. The number of ether oxygens (including phenoxy) is 1. The summed E-state index contributed by atoms with van der Waals surface area (Å²) in [5, 5.41) is 11.6. The highest BCUT2D eigenvalue weighted by Crippen LogP contribution is 2.18. The van der Waals surface area contributed by atoms with Crippen LogP contribution in [0.2, 0.25) is 0 Å². The summed E-state index contributed by atoms with van der Waals surface area (Å²) in [5.41, 5.74) is 1.70. The van der Waals surface area contributed by atoms with Gasteiger partial charge in [-0.2, -0.15) is 5.26 Å². The Kier molecular flexibility index (Phi) is 5.79. The average molecular weight is 301 g/mol. The van der Waals surface area contributed by atoms with Gasteiger partial charge < -0.3 is 15.0 Å². The summed E-state index contributed by atoms with van der Waals surface area (Å²) in [7, 11) is 0. The molecule has 0 saturated carbocycles. The van der Waals surface area contributed by atoms with Crippen LogP contribution in [0.1, 0.15) is 25.8 Å². The third-order valence-electron chi connectivity index (χ3n) is 3.72. The van der Waals surface area contributed by atoms with Crippen molar-refractivity contribution in [2.45, 2.75) is 32.7 Å². The number of nitriles is 1. The number of amides is 2. The molecule has 118 valence electrons. The fourth-order valence-electron chi connectivity index (χ4n) is 2.65. The summed E-state index contributed by atoms with van der Waals surface area (Å²) in [6, 6.07) is 9.56. The minimum absolute atomic E-state index is 0.0815. The largest absolute Gasteiger partial charge is 0.377 e. The van der Waals surface area contributed by atoms with Gasteiger partial charge >= 0.3 is 6.03 Å². The Morgan fingerprint density at radius 2 is 2.18 bits per heavy atom. The van der Waals surface area contributed by atoms with Gasteiger partial charge in [-0.3, -0.25) is 0 Å². The fourth-order valence-corrected chi connectivity index (χ4v) is 2.65. The maximum Gasteiger partial charge on any atom is 0.322 e. The Morgan fingerprint density at radius 3 is 2.82 bits per heavy atom. The molecule has 1 saturated heterocycles. The highest BCUT2D eigenvalue weighted by Gasteiger charge is 2.27. The first-order valence-electron chi connectivity index (χ1n) is 7.71. The van der Waals surface area contributed by atoms with Gasteiger partial charge in [-0.05, 0) is 30.0 Å². The predicted octanol–water partition coefficient (Wildman–Crippen LogP) is 3.03. The maximum atomic E-state index is 12.5. The van der Waals surface area contributed by atoms with Crippen LogP contribution in [-0.2, 0) is 11.2 Å². The van der Waals surface area contributed by atoms with Gasteiger partial charge in [-0.25, -0.2) is 4.79 Å². The van der Waals surface area contributed by atoms with Crippen LogP contribution < -0.4 is 5.32 Å². The Labute approximate surface area is 131 Å². The van der Waals surface area contributed by atoms with Gasteiger partial charge in [0.25, 0.3) is 0 Å². The number of rotatable bonds is 4. The SMILES string of the molecule is CC(C)CC1COCCN1C(=O)Nc1ccc(CC#N)cc1. The highest BCUT2D eigenvalue weighted by molar-refractivity contribution is 5.89. The van der Waals surface area contributed by atoms with E-state index in [0.29, 0.717) is 32.1 Å². The molecule has 1 aliphatic rings. The maximum absolute atomic E-state index is 12.5. The molecule has 1 atom stereocenters. The summed E-state index contributed by atoms with van der Waals surface area (Å²) in [6.45, 7) is 6.11. The lowest BCUT2D eigenvalue weighted by Crippen LogP contribution is -2.50. The van der Waals surface area contributed by atoms with E-state index in [0.717, 1.165) is 17.7 Å². The van der Waals surface area contributed by atoms with Crippen molar-refractivity contribution in [3.63, 3.8) is 0 Å². The molecule has 1 heterocycles. The van der Waals surface area contributed by atoms with Gasteiger partial charge in [-0.15, -0.1) is 0 Å². The van der Waals surface area contributed by atoms with Crippen molar-refractivity contribution in [2.75, 3.05) is 25.1 Å². The summed E-state index contributed by atoms with van der Waals surface area (Å²) in [5.74, 6) is 0.521. The van der Waals surface area contributed by atoms with E-state index >= 15 is 0 Å². The van der Waals surface area contributed by atoms with Gasteiger partial charge in [0.2, 0.25) is 0 Å². The number of nitrogens with one attached hydrogen (secondary N) is 1. The van der Waals surface area contributed by atoms with Gasteiger partial charge in [0.1, 0.15) is 0 Å². The number of hydrogen-bond donors (Lipinski definition) is 1. The molecule has 0 bridgehead atoms. The van der Waals surface area contributed by atoms with Crippen molar-refractivity contribution < 1.29 is 9.53 Å². The van der Waals surface area contributed by atoms with E-state index in [1.54, 1.807) is 0 Å². The molecular weight excluding hydrogens is 278 g/mol. The van der Waals surface area contributed by atoms with E-state index in [1.165, 1.54) is 0 Å². The number of nitrogens with zero attached hydrogens (tertiary/aromatic N) is 2. The van der Waals surface area contributed by atoms with Crippen molar-refractivity contribution in [2.24, 2.45) is 5.92 Å². The predicted molar refractivity (Wildman–Crippen MR) is 85.5 cm³/mol. The molecular formula is C17H23N3O2. The van der Waals surface area contributed by atoms with E-state index in [9.17, 15) is 4.79 Å². The molecule has 1 N–H and O–H groups in total. The lowest BCUT2D eigenvalue weighted by atomic mass is 10.0. The van der Waals surface area contributed by atoms with Crippen LogP contribution in [0.25, 0.3) is 0 Å². The molecule has 5 nitrogen and oxygen atoms in total. The molecule has 0 radical (unpaired) electrons. The van der Waals surface area contributed by atoms with E-state index in [2.05, 4.69) is 25.2 Å². The Bertz CT molecular complexity index is 534. The summed E-state index contributed by atoms with van der Waals surface area (Å²) in [4.78, 5) is 14.3. The highest BCUT2D eigenvalue weighted by atomic mass is 16.5. The van der Waals surface area contributed by atoms with Crippen LogP contribution in [0.5, 0.6) is 0 Å². The van der Waals surface area contributed by atoms with Crippen molar-refractivity contribution in [1.82, 2.24) is 4.90 Å². The normalized spacial score (nSPS) is 18.1. The molecule has 2 amide bonds.